The zero-order valence-electron chi connectivity index (χ0n) is 15.2. The molecule has 9 heteroatoms. The average molecular weight is 442 g/mol. The maximum atomic E-state index is 10.0. The van der Waals surface area contributed by atoms with Crippen LogP contribution in [0.3, 0.4) is 0 Å². The highest BCUT2D eigenvalue weighted by Crippen LogP contribution is 2.32. The van der Waals surface area contributed by atoms with Gasteiger partial charge < -0.3 is 20.3 Å². The standard InChI is InChI=1S/C17H25ClN4OS.2ClH/c1-11(17(2,3)23)10-24-16-20-13-8-12(18)15(9-14(13)21-16)22-6-4-19-5-7-22;;/h8-9,11,19,23H,4-7,10H2,1-3H3,(H,20,21);2*1H. The maximum absolute atomic E-state index is 10.0. The first kappa shape index (κ1) is 23.7. The lowest BCUT2D eigenvalue weighted by atomic mass is 9.95. The normalized spacial score (nSPS) is 16.1. The largest absolute Gasteiger partial charge is 0.390 e. The Hall–Kier alpha value is -0.370. The Morgan fingerprint density at radius 2 is 1.96 bits per heavy atom. The van der Waals surface area contributed by atoms with E-state index in [1.165, 1.54) is 0 Å². The summed E-state index contributed by atoms with van der Waals surface area (Å²) in [5, 5.41) is 15.0. The van der Waals surface area contributed by atoms with E-state index in [2.05, 4.69) is 33.2 Å². The number of thioether (sulfide) groups is 1. The first-order chi connectivity index (χ1) is 11.3. The summed E-state index contributed by atoms with van der Waals surface area (Å²) in [6.07, 6.45) is 0. The van der Waals surface area contributed by atoms with Crippen LogP contribution in [0.15, 0.2) is 17.3 Å². The summed E-state index contributed by atoms with van der Waals surface area (Å²) in [5.41, 5.74) is 2.26. The number of imidazole rings is 1. The van der Waals surface area contributed by atoms with Crippen LogP contribution in [0.4, 0.5) is 5.69 Å². The second-order valence-corrected chi connectivity index (χ2v) is 8.38. The highest BCUT2D eigenvalue weighted by molar-refractivity contribution is 7.99. The first-order valence-corrected chi connectivity index (χ1v) is 9.71. The van der Waals surface area contributed by atoms with Gasteiger partial charge in [0.05, 0.1) is 27.3 Å². The van der Waals surface area contributed by atoms with Crippen LogP contribution in [-0.4, -0.2) is 52.6 Å². The molecular weight excluding hydrogens is 415 g/mol. The van der Waals surface area contributed by atoms with Gasteiger partial charge in [-0.1, -0.05) is 30.3 Å². The number of hydrogen-bond donors (Lipinski definition) is 3. The number of benzene rings is 1. The van der Waals surface area contributed by atoms with Crippen molar-refractivity contribution < 1.29 is 5.11 Å². The minimum absolute atomic E-state index is 0. The molecule has 1 fully saturated rings. The van der Waals surface area contributed by atoms with Crippen molar-refractivity contribution in [3.63, 3.8) is 0 Å². The van der Waals surface area contributed by atoms with Crippen LogP contribution in [0, 0.1) is 5.92 Å². The number of anilines is 1. The molecular formula is C17H27Cl3N4OS. The minimum Gasteiger partial charge on any atom is -0.390 e. The molecule has 3 rings (SSSR count). The number of fused-ring (bicyclic) bond motifs is 1. The number of piperazine rings is 1. The predicted molar refractivity (Wildman–Crippen MR) is 117 cm³/mol. The molecule has 2 aromatic rings. The number of halogens is 3. The van der Waals surface area contributed by atoms with Gasteiger partial charge >= 0.3 is 0 Å². The van der Waals surface area contributed by atoms with Crippen molar-refractivity contribution in [3.8, 4) is 0 Å². The van der Waals surface area contributed by atoms with Gasteiger partial charge in [-0.2, -0.15) is 0 Å². The van der Waals surface area contributed by atoms with Gasteiger partial charge in [0.15, 0.2) is 5.16 Å². The van der Waals surface area contributed by atoms with Gasteiger partial charge in [-0.15, -0.1) is 24.8 Å². The second kappa shape index (κ2) is 9.71. The highest BCUT2D eigenvalue weighted by Gasteiger charge is 2.23. The third-order valence-electron chi connectivity index (χ3n) is 4.66. The molecule has 0 amide bonds. The van der Waals surface area contributed by atoms with Crippen LogP contribution < -0.4 is 10.2 Å². The number of rotatable bonds is 5. The average Bonchev–Trinajstić information content (AvgIpc) is 2.93. The third kappa shape index (κ3) is 5.57. The first-order valence-electron chi connectivity index (χ1n) is 8.34. The molecule has 0 bridgehead atoms. The van der Waals surface area contributed by atoms with Gasteiger partial charge in [0.1, 0.15) is 0 Å². The molecule has 1 atom stereocenters. The SMILES string of the molecule is CC(CSc1nc2cc(N3CCNCC3)c(Cl)cc2[nH]1)C(C)(C)O.Cl.Cl. The summed E-state index contributed by atoms with van der Waals surface area (Å²) in [6, 6.07) is 4.04. The number of nitrogens with zero attached hydrogens (tertiary/aromatic N) is 2. The van der Waals surface area contributed by atoms with Crippen molar-refractivity contribution in [2.45, 2.75) is 31.5 Å². The van der Waals surface area contributed by atoms with Gasteiger partial charge in [0, 0.05) is 31.9 Å². The summed E-state index contributed by atoms with van der Waals surface area (Å²) in [4.78, 5) is 10.3. The van der Waals surface area contributed by atoms with Crippen LogP contribution in [0.25, 0.3) is 11.0 Å². The fourth-order valence-corrected chi connectivity index (χ4v) is 4.06. The fraction of sp³-hybridized carbons (Fsp3) is 0.588. The van der Waals surface area contributed by atoms with Crippen LogP contribution >= 0.6 is 48.2 Å². The van der Waals surface area contributed by atoms with Gasteiger partial charge in [0.25, 0.3) is 0 Å². The molecule has 5 nitrogen and oxygen atoms in total. The molecule has 1 aromatic heterocycles. The van der Waals surface area contributed by atoms with Crippen molar-refractivity contribution in [3.05, 3.63) is 17.2 Å². The van der Waals surface area contributed by atoms with E-state index < -0.39 is 5.60 Å². The summed E-state index contributed by atoms with van der Waals surface area (Å²) >= 11 is 8.12. The minimum atomic E-state index is -0.683. The van der Waals surface area contributed by atoms with Crippen molar-refractivity contribution in [2.24, 2.45) is 5.92 Å². The number of aliphatic hydroxyl groups is 1. The lowest BCUT2D eigenvalue weighted by molar-refractivity contribution is 0.0346. The third-order valence-corrected chi connectivity index (χ3v) is 6.10. The van der Waals surface area contributed by atoms with E-state index in [1.807, 2.05) is 19.9 Å². The monoisotopic (exact) mass is 440 g/mol. The van der Waals surface area contributed by atoms with Crippen LogP contribution in [0.2, 0.25) is 5.02 Å². The number of hydrogen-bond acceptors (Lipinski definition) is 5. The topological polar surface area (TPSA) is 64.2 Å². The molecule has 148 valence electrons. The van der Waals surface area contributed by atoms with Gasteiger partial charge in [-0.05, 0) is 31.9 Å². The Morgan fingerprint density at radius 1 is 1.31 bits per heavy atom. The fourth-order valence-electron chi connectivity index (χ4n) is 2.62. The lowest BCUT2D eigenvalue weighted by Gasteiger charge is -2.30. The Morgan fingerprint density at radius 3 is 2.58 bits per heavy atom. The Balaban J connectivity index is 0.00000169. The van der Waals surface area contributed by atoms with Crippen LogP contribution in [-0.2, 0) is 0 Å². The van der Waals surface area contributed by atoms with E-state index >= 15 is 0 Å². The zero-order valence-corrected chi connectivity index (χ0v) is 18.4. The van der Waals surface area contributed by atoms with Crippen LogP contribution in [0.1, 0.15) is 20.8 Å². The molecule has 0 saturated carbocycles. The quantitative estimate of drug-likeness (QED) is 0.613. The van der Waals surface area contributed by atoms with Gasteiger partial charge in [-0.25, -0.2) is 4.98 Å². The molecule has 2 heterocycles. The number of aromatic nitrogens is 2. The second-order valence-electron chi connectivity index (χ2n) is 6.97. The number of H-pyrrole nitrogens is 1. The Bertz CT molecular complexity index is 714. The van der Waals surface area contributed by atoms with E-state index in [0.29, 0.717) is 0 Å². The van der Waals surface area contributed by atoms with Gasteiger partial charge in [0.2, 0.25) is 0 Å². The van der Waals surface area contributed by atoms with Gasteiger partial charge in [-0.3, -0.25) is 0 Å². The van der Waals surface area contributed by atoms with Crippen molar-refractivity contribution in [1.29, 1.82) is 0 Å². The van der Waals surface area contributed by atoms with Crippen molar-refractivity contribution >= 4 is 64.9 Å². The van der Waals surface area contributed by atoms with E-state index in [4.69, 9.17) is 11.6 Å². The molecule has 3 N–H and O–H groups in total. The Kier molecular flexibility index (Phi) is 8.84. The van der Waals surface area contributed by atoms with Crippen molar-refractivity contribution in [1.82, 2.24) is 15.3 Å². The van der Waals surface area contributed by atoms with E-state index in [1.54, 1.807) is 11.8 Å². The van der Waals surface area contributed by atoms with E-state index in [-0.39, 0.29) is 30.7 Å². The summed E-state index contributed by atoms with van der Waals surface area (Å²) in [7, 11) is 0. The van der Waals surface area contributed by atoms with E-state index in [0.717, 1.165) is 58.8 Å². The lowest BCUT2D eigenvalue weighted by Crippen LogP contribution is -2.43. The highest BCUT2D eigenvalue weighted by atomic mass is 35.5. The van der Waals surface area contributed by atoms with Crippen LogP contribution in [0.5, 0.6) is 0 Å². The number of nitrogens with one attached hydrogen (secondary N) is 2. The molecule has 1 aromatic carbocycles. The maximum Gasteiger partial charge on any atom is 0.166 e. The zero-order chi connectivity index (χ0) is 17.3. The number of aromatic amines is 1. The molecule has 0 radical (unpaired) electrons. The predicted octanol–water partition coefficient (Wildman–Crippen LogP) is 3.97. The molecule has 1 aliphatic rings. The Labute approximate surface area is 176 Å². The summed E-state index contributed by atoms with van der Waals surface area (Å²) in [5.74, 6) is 0.984. The molecule has 1 saturated heterocycles. The molecule has 0 aliphatic carbocycles. The molecule has 1 aliphatic heterocycles. The van der Waals surface area contributed by atoms with E-state index in [9.17, 15) is 5.11 Å². The summed E-state index contributed by atoms with van der Waals surface area (Å²) < 4.78 is 0. The molecule has 0 spiro atoms. The molecule has 26 heavy (non-hydrogen) atoms. The summed E-state index contributed by atoms with van der Waals surface area (Å²) in [6.45, 7) is 9.61. The van der Waals surface area contributed by atoms with Crippen molar-refractivity contribution in [2.75, 3.05) is 36.8 Å². The smallest absolute Gasteiger partial charge is 0.166 e. The molecule has 1 unspecified atom stereocenters.